The largest absolute Gasteiger partial charge is 0.441 e. The molecular formula is C19H21N5O2. The van der Waals surface area contributed by atoms with Crippen LogP contribution < -0.4 is 5.32 Å². The number of anilines is 1. The summed E-state index contributed by atoms with van der Waals surface area (Å²) in [5.41, 5.74) is 1.61. The number of oxazole rings is 1. The first-order valence-corrected chi connectivity index (χ1v) is 8.88. The number of fused-ring (bicyclic) bond motifs is 1. The summed E-state index contributed by atoms with van der Waals surface area (Å²) in [7, 11) is 0. The minimum atomic E-state index is -0.0336. The van der Waals surface area contributed by atoms with Crippen LogP contribution in [0.25, 0.3) is 22.2 Å². The second-order valence-corrected chi connectivity index (χ2v) is 6.61. The molecule has 1 aliphatic rings. The lowest BCUT2D eigenvalue weighted by molar-refractivity contribution is -0.117. The molecule has 0 unspecified atom stereocenters. The fourth-order valence-corrected chi connectivity index (χ4v) is 3.23. The van der Waals surface area contributed by atoms with Crippen LogP contribution in [0.15, 0.2) is 35.1 Å². The molecule has 134 valence electrons. The third-order valence-electron chi connectivity index (χ3n) is 4.56. The molecule has 1 N–H and O–H groups in total. The third kappa shape index (κ3) is 3.72. The zero-order valence-electron chi connectivity index (χ0n) is 14.7. The maximum atomic E-state index is 12.3. The Morgan fingerprint density at radius 1 is 1.12 bits per heavy atom. The number of piperidine rings is 1. The molecule has 4 heterocycles. The van der Waals surface area contributed by atoms with E-state index in [0.29, 0.717) is 24.0 Å². The van der Waals surface area contributed by atoms with Gasteiger partial charge in [-0.3, -0.25) is 14.7 Å². The van der Waals surface area contributed by atoms with E-state index in [2.05, 4.69) is 25.2 Å². The van der Waals surface area contributed by atoms with Crippen LogP contribution in [-0.2, 0) is 4.79 Å². The van der Waals surface area contributed by atoms with Gasteiger partial charge in [0.15, 0.2) is 11.7 Å². The number of amides is 1. The summed E-state index contributed by atoms with van der Waals surface area (Å²) in [5, 5.41) is 3.78. The average molecular weight is 351 g/mol. The summed E-state index contributed by atoms with van der Waals surface area (Å²) in [5.74, 6) is 1.78. The van der Waals surface area contributed by atoms with E-state index in [-0.39, 0.29) is 5.91 Å². The maximum absolute atomic E-state index is 12.3. The van der Waals surface area contributed by atoms with E-state index in [1.807, 2.05) is 12.1 Å². The van der Waals surface area contributed by atoms with E-state index in [1.165, 1.54) is 6.42 Å². The van der Waals surface area contributed by atoms with Crippen LogP contribution in [0.3, 0.4) is 0 Å². The number of aromatic nitrogens is 3. The molecule has 3 aromatic rings. The van der Waals surface area contributed by atoms with Crippen LogP contribution >= 0.6 is 0 Å². The van der Waals surface area contributed by atoms with Crippen molar-refractivity contribution in [3.63, 3.8) is 0 Å². The first kappa shape index (κ1) is 16.7. The fourth-order valence-electron chi connectivity index (χ4n) is 3.23. The van der Waals surface area contributed by atoms with Gasteiger partial charge in [0.1, 0.15) is 5.82 Å². The molecule has 1 aliphatic heterocycles. The molecule has 0 spiro atoms. The number of nitrogens with one attached hydrogen (secondary N) is 1. The molecule has 0 radical (unpaired) electrons. The summed E-state index contributed by atoms with van der Waals surface area (Å²) >= 11 is 0. The first-order chi connectivity index (χ1) is 12.7. The van der Waals surface area contributed by atoms with Gasteiger partial charge in [-0.15, -0.1) is 0 Å². The van der Waals surface area contributed by atoms with Gasteiger partial charge in [-0.2, -0.15) is 0 Å². The summed E-state index contributed by atoms with van der Waals surface area (Å²) in [6.45, 7) is 4.19. The van der Waals surface area contributed by atoms with Crippen molar-refractivity contribution >= 4 is 22.6 Å². The number of hydrogen-bond acceptors (Lipinski definition) is 6. The zero-order valence-corrected chi connectivity index (χ0v) is 14.7. The molecular weight excluding hydrogens is 330 g/mol. The predicted octanol–water partition coefficient (Wildman–Crippen LogP) is 3.02. The Hall–Kier alpha value is -2.80. The summed E-state index contributed by atoms with van der Waals surface area (Å²) < 4.78 is 5.56. The number of carbonyl (C=O) groups is 1. The number of nitrogens with zero attached hydrogens (tertiary/aromatic N) is 4. The molecule has 0 saturated carbocycles. The van der Waals surface area contributed by atoms with Gasteiger partial charge in [-0.05, 0) is 38.1 Å². The molecule has 0 aromatic carbocycles. The van der Waals surface area contributed by atoms with E-state index >= 15 is 0 Å². The number of carbonyl (C=O) groups excluding carboxylic acids is 1. The fraction of sp³-hybridized carbons (Fsp3) is 0.368. The Balaban J connectivity index is 1.51. The SMILES string of the molecule is Cc1ncc(-c2cnc3cnc(NC(=O)CN4CCCCC4)cc3c2)o1. The van der Waals surface area contributed by atoms with Crippen molar-refractivity contribution in [3.8, 4) is 11.3 Å². The summed E-state index contributed by atoms with van der Waals surface area (Å²) in [6.07, 6.45) is 8.67. The maximum Gasteiger partial charge on any atom is 0.239 e. The number of aryl methyl sites for hydroxylation is 1. The van der Waals surface area contributed by atoms with Gasteiger partial charge in [0.05, 0.1) is 24.5 Å². The highest BCUT2D eigenvalue weighted by molar-refractivity contribution is 5.93. The highest BCUT2D eigenvalue weighted by atomic mass is 16.4. The molecule has 1 fully saturated rings. The molecule has 7 nitrogen and oxygen atoms in total. The van der Waals surface area contributed by atoms with Crippen LogP contribution in [0.4, 0.5) is 5.82 Å². The van der Waals surface area contributed by atoms with Gasteiger partial charge in [-0.1, -0.05) is 6.42 Å². The van der Waals surface area contributed by atoms with Gasteiger partial charge in [-0.25, -0.2) is 9.97 Å². The Labute approximate surface area is 151 Å². The van der Waals surface area contributed by atoms with E-state index < -0.39 is 0 Å². The highest BCUT2D eigenvalue weighted by Crippen LogP contribution is 2.24. The molecule has 3 aromatic heterocycles. The van der Waals surface area contributed by atoms with E-state index in [1.54, 1.807) is 25.5 Å². The van der Waals surface area contributed by atoms with Crippen molar-refractivity contribution in [2.24, 2.45) is 0 Å². The number of hydrogen-bond donors (Lipinski definition) is 1. The molecule has 1 saturated heterocycles. The quantitative estimate of drug-likeness (QED) is 0.778. The second-order valence-electron chi connectivity index (χ2n) is 6.61. The van der Waals surface area contributed by atoms with Crippen molar-refractivity contribution < 1.29 is 9.21 Å². The van der Waals surface area contributed by atoms with Crippen molar-refractivity contribution in [1.82, 2.24) is 19.9 Å². The monoisotopic (exact) mass is 351 g/mol. The molecule has 0 aliphatic carbocycles. The topological polar surface area (TPSA) is 84.2 Å². The van der Waals surface area contributed by atoms with Crippen LogP contribution in [-0.4, -0.2) is 45.4 Å². The molecule has 1 amide bonds. The van der Waals surface area contributed by atoms with Crippen LogP contribution in [0, 0.1) is 6.92 Å². The van der Waals surface area contributed by atoms with Crippen LogP contribution in [0.1, 0.15) is 25.2 Å². The number of rotatable bonds is 4. The predicted molar refractivity (Wildman–Crippen MR) is 98.7 cm³/mol. The van der Waals surface area contributed by atoms with Crippen molar-refractivity contribution in [2.45, 2.75) is 26.2 Å². The molecule has 7 heteroatoms. The molecule has 4 rings (SSSR count). The van der Waals surface area contributed by atoms with Crippen LogP contribution in [0.2, 0.25) is 0 Å². The van der Waals surface area contributed by atoms with Crippen molar-refractivity contribution in [2.75, 3.05) is 25.0 Å². The standard InChI is InChI=1S/C19H21N5O2/c1-13-20-11-17(26-13)15-7-14-8-18(22-10-16(14)21-9-15)23-19(25)12-24-5-3-2-4-6-24/h7-11H,2-6,12H2,1H3,(H,22,23,25). The lowest BCUT2D eigenvalue weighted by Gasteiger charge is -2.25. The van der Waals surface area contributed by atoms with E-state index in [0.717, 1.165) is 42.4 Å². The first-order valence-electron chi connectivity index (χ1n) is 8.88. The van der Waals surface area contributed by atoms with Crippen molar-refractivity contribution in [1.29, 1.82) is 0 Å². The van der Waals surface area contributed by atoms with E-state index in [9.17, 15) is 4.79 Å². The van der Waals surface area contributed by atoms with Gasteiger partial charge >= 0.3 is 0 Å². The average Bonchev–Trinajstić information content (AvgIpc) is 3.08. The summed E-state index contributed by atoms with van der Waals surface area (Å²) in [4.78, 5) is 27.3. The number of pyridine rings is 2. The van der Waals surface area contributed by atoms with Gasteiger partial charge in [0, 0.05) is 24.1 Å². The smallest absolute Gasteiger partial charge is 0.239 e. The molecule has 0 atom stereocenters. The lowest BCUT2D eigenvalue weighted by Crippen LogP contribution is -2.36. The third-order valence-corrected chi connectivity index (χ3v) is 4.56. The van der Waals surface area contributed by atoms with Crippen molar-refractivity contribution in [3.05, 3.63) is 36.6 Å². The Morgan fingerprint density at radius 3 is 2.73 bits per heavy atom. The van der Waals surface area contributed by atoms with Gasteiger partial charge < -0.3 is 9.73 Å². The van der Waals surface area contributed by atoms with Gasteiger partial charge in [0.2, 0.25) is 5.91 Å². The highest BCUT2D eigenvalue weighted by Gasteiger charge is 2.14. The van der Waals surface area contributed by atoms with Crippen LogP contribution in [0.5, 0.6) is 0 Å². The number of likely N-dealkylation sites (tertiary alicyclic amines) is 1. The lowest BCUT2D eigenvalue weighted by atomic mass is 10.1. The summed E-state index contributed by atoms with van der Waals surface area (Å²) in [6, 6.07) is 3.80. The zero-order chi connectivity index (χ0) is 17.9. The second kappa shape index (κ2) is 7.21. The molecule has 26 heavy (non-hydrogen) atoms. The van der Waals surface area contributed by atoms with E-state index in [4.69, 9.17) is 4.42 Å². The Kier molecular flexibility index (Phi) is 4.62. The minimum absolute atomic E-state index is 0.0336. The molecule has 0 bridgehead atoms. The Morgan fingerprint density at radius 2 is 1.96 bits per heavy atom. The normalized spacial score (nSPS) is 15.3. The Bertz CT molecular complexity index is 931. The van der Waals surface area contributed by atoms with Gasteiger partial charge in [0.25, 0.3) is 0 Å². The minimum Gasteiger partial charge on any atom is -0.441 e.